The van der Waals surface area contributed by atoms with Crippen molar-refractivity contribution in [1.82, 2.24) is 5.32 Å². The van der Waals surface area contributed by atoms with Gasteiger partial charge in [-0.15, -0.1) is 0 Å². The van der Waals surface area contributed by atoms with E-state index in [0.717, 1.165) is 12.8 Å². The molecular weight excluding hydrogens is 360 g/mol. The molecule has 0 aromatic carbocycles. The van der Waals surface area contributed by atoms with E-state index in [1.165, 1.54) is 0 Å². The molecule has 1 amide bonds. The number of amides is 1. The molecule has 0 heterocycles. The van der Waals surface area contributed by atoms with E-state index in [4.69, 9.17) is 15.2 Å². The molecule has 7 nitrogen and oxygen atoms in total. The van der Waals surface area contributed by atoms with E-state index >= 15 is 0 Å². The minimum absolute atomic E-state index is 0.0155. The van der Waals surface area contributed by atoms with Crippen molar-refractivity contribution >= 4 is 17.8 Å². The number of Topliss-reactive ketones (excluding diaryl/α,β-unsaturated/α-hetero) is 1. The summed E-state index contributed by atoms with van der Waals surface area (Å²) in [6.07, 6.45) is 3.61. The number of carbonyl (C=O) groups is 3. The number of unbranched alkanes of at least 4 members (excludes halogenated alkanes) is 2. The SMILES string of the molecule is CC(C)(C)COC(=O)NCCCCC(N)C(=O)CCCCC(=O)OC(C)(C)C. The third-order valence-electron chi connectivity index (χ3n) is 3.74. The number of nitrogens with one attached hydrogen (secondary N) is 1. The summed E-state index contributed by atoms with van der Waals surface area (Å²) < 4.78 is 10.3. The van der Waals surface area contributed by atoms with Gasteiger partial charge in [-0.05, 0) is 58.3 Å². The lowest BCUT2D eigenvalue weighted by Gasteiger charge is -2.19. The van der Waals surface area contributed by atoms with Crippen molar-refractivity contribution < 1.29 is 23.9 Å². The van der Waals surface area contributed by atoms with Crippen LogP contribution < -0.4 is 11.1 Å². The lowest BCUT2D eigenvalue weighted by Crippen LogP contribution is -2.31. The maximum Gasteiger partial charge on any atom is 0.407 e. The molecule has 0 rings (SSSR count). The molecule has 7 heteroatoms. The maximum absolute atomic E-state index is 12.0. The smallest absolute Gasteiger partial charge is 0.407 e. The van der Waals surface area contributed by atoms with Crippen LogP contribution in [-0.4, -0.2) is 42.6 Å². The third kappa shape index (κ3) is 16.5. The Morgan fingerprint density at radius 3 is 2.11 bits per heavy atom. The summed E-state index contributed by atoms with van der Waals surface area (Å²) in [4.78, 5) is 35.2. The highest BCUT2D eigenvalue weighted by atomic mass is 16.6. The molecule has 1 atom stereocenters. The second-order valence-electron chi connectivity index (χ2n) is 9.43. The van der Waals surface area contributed by atoms with Crippen LogP contribution in [0, 0.1) is 5.41 Å². The number of ketones is 1. The number of alkyl carbamates (subject to hydrolysis) is 1. The van der Waals surface area contributed by atoms with Gasteiger partial charge >= 0.3 is 12.1 Å². The molecule has 0 saturated heterocycles. The van der Waals surface area contributed by atoms with E-state index in [2.05, 4.69) is 5.32 Å². The Hall–Kier alpha value is -1.63. The molecule has 164 valence electrons. The maximum atomic E-state index is 12.0. The van der Waals surface area contributed by atoms with Crippen LogP contribution >= 0.6 is 0 Å². The second-order valence-corrected chi connectivity index (χ2v) is 9.43. The topological polar surface area (TPSA) is 108 Å². The summed E-state index contributed by atoms with van der Waals surface area (Å²) in [5.41, 5.74) is 5.39. The average molecular weight is 401 g/mol. The monoisotopic (exact) mass is 400 g/mol. The third-order valence-corrected chi connectivity index (χ3v) is 3.74. The molecular formula is C21H40N2O5. The zero-order chi connectivity index (χ0) is 21.8. The van der Waals surface area contributed by atoms with Crippen molar-refractivity contribution in [2.45, 2.75) is 98.1 Å². The Labute approximate surface area is 170 Å². The number of hydrogen-bond donors (Lipinski definition) is 2. The number of esters is 1. The fourth-order valence-electron chi connectivity index (χ4n) is 2.32. The summed E-state index contributed by atoms with van der Waals surface area (Å²) in [5, 5.41) is 2.70. The summed E-state index contributed by atoms with van der Waals surface area (Å²) in [5.74, 6) is -0.223. The predicted octanol–water partition coefficient (Wildman–Crippen LogP) is 3.73. The van der Waals surface area contributed by atoms with Crippen LogP contribution in [0.3, 0.4) is 0 Å². The fourth-order valence-corrected chi connectivity index (χ4v) is 2.32. The zero-order valence-corrected chi connectivity index (χ0v) is 18.6. The molecule has 0 aromatic heterocycles. The molecule has 0 saturated carbocycles. The van der Waals surface area contributed by atoms with Crippen molar-refractivity contribution in [2.24, 2.45) is 11.1 Å². The molecule has 3 N–H and O–H groups in total. The second kappa shape index (κ2) is 12.8. The van der Waals surface area contributed by atoms with Gasteiger partial charge in [0.1, 0.15) is 11.4 Å². The van der Waals surface area contributed by atoms with Crippen LogP contribution in [0.25, 0.3) is 0 Å². The number of nitrogens with two attached hydrogens (primary N) is 1. The average Bonchev–Trinajstić information content (AvgIpc) is 2.53. The lowest BCUT2D eigenvalue weighted by atomic mass is 9.99. The standard InChI is InChI=1S/C21H40N2O5/c1-20(2,3)15-27-19(26)23-14-10-9-11-16(22)17(24)12-7-8-13-18(25)28-21(4,5)6/h16H,7-15,22H2,1-6H3,(H,23,26). The molecule has 0 aromatic rings. The van der Waals surface area contributed by atoms with E-state index in [-0.39, 0.29) is 17.2 Å². The van der Waals surface area contributed by atoms with Crippen molar-refractivity contribution in [1.29, 1.82) is 0 Å². The predicted molar refractivity (Wildman–Crippen MR) is 110 cm³/mol. The minimum atomic E-state index is -0.491. The van der Waals surface area contributed by atoms with Crippen LogP contribution in [0.5, 0.6) is 0 Å². The van der Waals surface area contributed by atoms with E-state index in [1.54, 1.807) is 0 Å². The van der Waals surface area contributed by atoms with Crippen LogP contribution in [0.1, 0.15) is 86.5 Å². The van der Waals surface area contributed by atoms with Gasteiger partial charge in [-0.3, -0.25) is 9.59 Å². The minimum Gasteiger partial charge on any atom is -0.460 e. The Bertz CT molecular complexity index is 492. The molecule has 1 unspecified atom stereocenters. The number of ether oxygens (including phenoxy) is 2. The van der Waals surface area contributed by atoms with Gasteiger partial charge in [0.25, 0.3) is 0 Å². The van der Waals surface area contributed by atoms with Crippen LogP contribution in [0.2, 0.25) is 0 Å². The van der Waals surface area contributed by atoms with Crippen molar-refractivity contribution in [3.63, 3.8) is 0 Å². The molecule has 0 aliphatic carbocycles. The van der Waals surface area contributed by atoms with Gasteiger partial charge in [0.2, 0.25) is 0 Å². The lowest BCUT2D eigenvalue weighted by molar-refractivity contribution is -0.155. The highest BCUT2D eigenvalue weighted by Gasteiger charge is 2.17. The van der Waals surface area contributed by atoms with Crippen LogP contribution in [0.4, 0.5) is 4.79 Å². The Kier molecular flexibility index (Phi) is 12.0. The first kappa shape index (κ1) is 26.4. The van der Waals surface area contributed by atoms with E-state index < -0.39 is 17.7 Å². The Morgan fingerprint density at radius 2 is 1.54 bits per heavy atom. The normalized spacial score (nSPS) is 13.0. The molecule has 0 radical (unpaired) electrons. The Morgan fingerprint density at radius 1 is 0.929 bits per heavy atom. The highest BCUT2D eigenvalue weighted by Crippen LogP contribution is 2.13. The van der Waals surface area contributed by atoms with Crippen molar-refractivity contribution in [3.8, 4) is 0 Å². The zero-order valence-electron chi connectivity index (χ0n) is 18.6. The van der Waals surface area contributed by atoms with Crippen LogP contribution in [0.15, 0.2) is 0 Å². The molecule has 0 bridgehead atoms. The van der Waals surface area contributed by atoms with E-state index in [0.29, 0.717) is 45.3 Å². The number of carbonyl (C=O) groups excluding carboxylic acids is 3. The quantitative estimate of drug-likeness (QED) is 0.382. The van der Waals surface area contributed by atoms with Crippen molar-refractivity contribution in [2.75, 3.05) is 13.2 Å². The van der Waals surface area contributed by atoms with Crippen LogP contribution in [-0.2, 0) is 19.1 Å². The largest absolute Gasteiger partial charge is 0.460 e. The number of rotatable bonds is 12. The van der Waals surface area contributed by atoms with Gasteiger partial charge in [0.15, 0.2) is 0 Å². The van der Waals surface area contributed by atoms with Gasteiger partial charge in [-0.1, -0.05) is 20.8 Å². The van der Waals surface area contributed by atoms with Gasteiger partial charge < -0.3 is 20.5 Å². The summed E-state index contributed by atoms with van der Waals surface area (Å²) in [6.45, 7) is 12.3. The molecule has 28 heavy (non-hydrogen) atoms. The van der Waals surface area contributed by atoms with E-state index in [1.807, 2.05) is 41.5 Å². The number of hydrogen-bond acceptors (Lipinski definition) is 6. The first-order chi connectivity index (χ1) is 12.8. The van der Waals surface area contributed by atoms with Gasteiger partial charge in [0, 0.05) is 19.4 Å². The molecule has 0 fully saturated rings. The highest BCUT2D eigenvalue weighted by molar-refractivity contribution is 5.83. The Balaban J connectivity index is 3.74. The molecule has 0 aliphatic heterocycles. The summed E-state index contributed by atoms with van der Waals surface area (Å²) in [7, 11) is 0. The first-order valence-electron chi connectivity index (χ1n) is 10.2. The van der Waals surface area contributed by atoms with Gasteiger partial charge in [-0.2, -0.15) is 0 Å². The summed E-state index contributed by atoms with van der Waals surface area (Å²) >= 11 is 0. The molecule has 0 spiro atoms. The van der Waals surface area contributed by atoms with Gasteiger partial charge in [-0.25, -0.2) is 4.79 Å². The van der Waals surface area contributed by atoms with Gasteiger partial charge in [0.05, 0.1) is 12.6 Å². The van der Waals surface area contributed by atoms with Crippen molar-refractivity contribution in [3.05, 3.63) is 0 Å². The first-order valence-corrected chi connectivity index (χ1v) is 10.2. The molecule has 0 aliphatic rings. The van der Waals surface area contributed by atoms with E-state index in [9.17, 15) is 14.4 Å². The fraction of sp³-hybridized carbons (Fsp3) is 0.857. The summed E-state index contributed by atoms with van der Waals surface area (Å²) in [6, 6.07) is -0.491.